The van der Waals surface area contributed by atoms with Crippen molar-refractivity contribution in [3.8, 4) is 0 Å². The molecular weight excluding hydrogens is 346 g/mol. The van der Waals surface area contributed by atoms with Gasteiger partial charge in [-0.1, -0.05) is 18.5 Å². The fourth-order valence-electron chi connectivity index (χ4n) is 1.76. The average molecular weight is 358 g/mol. The minimum atomic E-state index is -0.721. The van der Waals surface area contributed by atoms with Gasteiger partial charge in [0, 0.05) is 12.5 Å². The molecule has 0 amide bonds. The number of rotatable bonds is 5. The van der Waals surface area contributed by atoms with Gasteiger partial charge in [0.2, 0.25) is 5.16 Å². The molecule has 0 aliphatic rings. The van der Waals surface area contributed by atoms with Crippen molar-refractivity contribution in [1.29, 1.82) is 0 Å². The number of carbonyl (C=O) groups excluding carboxylic acids is 1. The highest BCUT2D eigenvalue weighted by atomic mass is 35.5. The molecule has 0 fully saturated rings. The molecule has 0 atom stereocenters. The number of carbonyl (C=O) groups is 1. The third kappa shape index (κ3) is 3.37. The monoisotopic (exact) mass is 357 g/mol. The number of aromatic nitrogens is 3. The van der Waals surface area contributed by atoms with Crippen LogP contribution in [-0.2, 0) is 11.2 Å². The van der Waals surface area contributed by atoms with Crippen molar-refractivity contribution in [3.63, 3.8) is 0 Å². The minimum absolute atomic E-state index is 0.0167. The highest BCUT2D eigenvalue weighted by Crippen LogP contribution is 2.40. The van der Waals surface area contributed by atoms with Gasteiger partial charge in [0.25, 0.3) is 5.69 Å². The van der Waals surface area contributed by atoms with E-state index in [-0.39, 0.29) is 26.3 Å². The summed E-state index contributed by atoms with van der Waals surface area (Å²) in [4.78, 5) is 22.3. The Morgan fingerprint density at radius 2 is 2.22 bits per heavy atom. The van der Waals surface area contributed by atoms with Gasteiger partial charge in [0.15, 0.2) is 5.82 Å². The summed E-state index contributed by atoms with van der Waals surface area (Å²) in [5.41, 5.74) is -0.360. The first-order valence-corrected chi connectivity index (χ1v) is 7.51. The minimum Gasteiger partial charge on any atom is -0.465 e. The van der Waals surface area contributed by atoms with Crippen molar-refractivity contribution in [2.45, 2.75) is 23.4 Å². The molecule has 0 spiro atoms. The van der Waals surface area contributed by atoms with E-state index in [1.807, 2.05) is 6.92 Å². The zero-order chi connectivity index (χ0) is 17.1. The van der Waals surface area contributed by atoms with Crippen molar-refractivity contribution >= 4 is 35.0 Å². The molecule has 0 saturated carbocycles. The summed E-state index contributed by atoms with van der Waals surface area (Å²) < 4.78 is 5.78. The zero-order valence-corrected chi connectivity index (χ0v) is 13.7. The van der Waals surface area contributed by atoms with Crippen molar-refractivity contribution in [2.75, 3.05) is 13.0 Å². The van der Waals surface area contributed by atoms with Gasteiger partial charge in [-0.3, -0.25) is 10.1 Å². The van der Waals surface area contributed by atoms with E-state index < -0.39 is 10.9 Å². The van der Waals surface area contributed by atoms with Gasteiger partial charge in [0.05, 0.1) is 22.6 Å². The second kappa shape index (κ2) is 6.84. The van der Waals surface area contributed by atoms with Crippen LogP contribution in [0.1, 0.15) is 23.1 Å². The maximum atomic E-state index is 11.5. The molecule has 0 bridgehead atoms. The van der Waals surface area contributed by atoms with E-state index in [0.29, 0.717) is 12.2 Å². The molecule has 0 aliphatic carbocycles. The summed E-state index contributed by atoms with van der Waals surface area (Å²) in [6, 6.07) is 2.39. The third-order valence-corrected chi connectivity index (χ3v) is 4.39. The molecule has 23 heavy (non-hydrogen) atoms. The Morgan fingerprint density at radius 1 is 1.52 bits per heavy atom. The lowest BCUT2D eigenvalue weighted by molar-refractivity contribution is -0.387. The number of nitro benzene ring substituents is 1. The van der Waals surface area contributed by atoms with Gasteiger partial charge >= 0.3 is 5.97 Å². The summed E-state index contributed by atoms with van der Waals surface area (Å²) in [5, 5.41) is 19.3. The second-order valence-electron chi connectivity index (χ2n) is 4.28. The van der Waals surface area contributed by atoms with Crippen molar-refractivity contribution in [2.24, 2.45) is 0 Å². The molecule has 0 radical (unpaired) electrons. The molecule has 0 unspecified atom stereocenters. The van der Waals surface area contributed by atoms with Gasteiger partial charge < -0.3 is 10.6 Å². The molecule has 0 saturated heterocycles. The molecule has 2 rings (SSSR count). The number of hydrogen-bond donors (Lipinski definition) is 1. The Labute approximate surface area is 139 Å². The first kappa shape index (κ1) is 17.0. The average Bonchev–Trinajstić information content (AvgIpc) is 2.88. The number of benzene rings is 1. The van der Waals surface area contributed by atoms with E-state index in [0.717, 1.165) is 17.8 Å². The Morgan fingerprint density at radius 3 is 2.74 bits per heavy atom. The van der Waals surface area contributed by atoms with E-state index in [1.54, 1.807) is 0 Å². The van der Waals surface area contributed by atoms with Crippen LogP contribution in [0.25, 0.3) is 0 Å². The first-order valence-electron chi connectivity index (χ1n) is 6.32. The van der Waals surface area contributed by atoms with Crippen LogP contribution in [0.5, 0.6) is 0 Å². The van der Waals surface area contributed by atoms with E-state index in [4.69, 9.17) is 17.4 Å². The number of nitro groups is 1. The number of halogens is 1. The van der Waals surface area contributed by atoms with Crippen LogP contribution in [0, 0.1) is 10.1 Å². The van der Waals surface area contributed by atoms with E-state index in [2.05, 4.69) is 14.9 Å². The van der Waals surface area contributed by atoms with Crippen LogP contribution < -0.4 is 5.84 Å². The Kier molecular flexibility index (Phi) is 5.06. The summed E-state index contributed by atoms with van der Waals surface area (Å²) in [6.07, 6.45) is 0.557. The van der Waals surface area contributed by atoms with Crippen LogP contribution in [0.4, 0.5) is 5.69 Å². The van der Waals surface area contributed by atoms with Gasteiger partial charge in [0.1, 0.15) is 4.90 Å². The standard InChI is InChI=1S/C12H12ClN5O4S/c1-3-9-15-16-12(17(9)14)23-10-7(13)4-6(11(19)22-2)5-8(10)18(20)21/h4-5H,3,14H2,1-2H3. The Hall–Kier alpha value is -2.33. The first-order chi connectivity index (χ1) is 10.9. The van der Waals surface area contributed by atoms with Crippen LogP contribution in [0.15, 0.2) is 22.2 Å². The third-order valence-electron chi connectivity index (χ3n) is 2.89. The number of nitrogen functional groups attached to an aromatic ring is 1. The summed E-state index contributed by atoms with van der Waals surface area (Å²) in [7, 11) is 1.17. The Bertz CT molecular complexity index is 779. The zero-order valence-electron chi connectivity index (χ0n) is 12.1. The highest BCUT2D eigenvalue weighted by molar-refractivity contribution is 7.99. The molecule has 2 aromatic rings. The van der Waals surface area contributed by atoms with Crippen LogP contribution in [0.2, 0.25) is 5.02 Å². The van der Waals surface area contributed by atoms with Gasteiger partial charge in [-0.05, 0) is 17.8 Å². The number of hydrogen-bond acceptors (Lipinski definition) is 8. The van der Waals surface area contributed by atoms with Crippen LogP contribution in [0.3, 0.4) is 0 Å². The molecule has 1 heterocycles. The predicted molar refractivity (Wildman–Crippen MR) is 83.1 cm³/mol. The van der Waals surface area contributed by atoms with E-state index in [9.17, 15) is 14.9 Å². The van der Waals surface area contributed by atoms with Crippen molar-refractivity contribution in [3.05, 3.63) is 38.7 Å². The van der Waals surface area contributed by atoms with Gasteiger partial charge in [-0.2, -0.15) is 0 Å². The van der Waals surface area contributed by atoms with Gasteiger partial charge in [-0.25, -0.2) is 9.47 Å². The lowest BCUT2D eigenvalue weighted by atomic mass is 10.2. The summed E-state index contributed by atoms with van der Waals surface area (Å²) >= 11 is 6.99. The molecular formula is C12H12ClN5O4S. The number of nitrogens with zero attached hydrogens (tertiary/aromatic N) is 4. The molecule has 2 N–H and O–H groups in total. The van der Waals surface area contributed by atoms with Crippen molar-refractivity contribution in [1.82, 2.24) is 14.9 Å². The number of esters is 1. The largest absolute Gasteiger partial charge is 0.465 e. The molecule has 11 heteroatoms. The smallest absolute Gasteiger partial charge is 0.338 e. The molecule has 122 valence electrons. The number of methoxy groups -OCH3 is 1. The lowest BCUT2D eigenvalue weighted by Crippen LogP contribution is -2.13. The molecule has 9 nitrogen and oxygen atoms in total. The maximum Gasteiger partial charge on any atom is 0.338 e. The van der Waals surface area contributed by atoms with Crippen LogP contribution in [-0.4, -0.2) is 32.9 Å². The molecule has 1 aromatic carbocycles. The Balaban J connectivity index is 2.50. The topological polar surface area (TPSA) is 126 Å². The maximum absolute atomic E-state index is 11.5. The van der Waals surface area contributed by atoms with E-state index in [1.165, 1.54) is 17.9 Å². The number of ether oxygens (including phenoxy) is 1. The molecule has 0 aliphatic heterocycles. The predicted octanol–water partition coefficient (Wildman–Crippen LogP) is 2.05. The summed E-state index contributed by atoms with van der Waals surface area (Å²) in [6.45, 7) is 1.85. The molecule has 1 aromatic heterocycles. The number of aryl methyl sites for hydroxylation is 1. The quantitative estimate of drug-likeness (QED) is 0.373. The summed E-state index contributed by atoms with van der Waals surface area (Å²) in [5.74, 6) is 5.63. The SMILES string of the molecule is CCc1nnc(Sc2c(Cl)cc(C(=O)OC)cc2[N+](=O)[O-])n1N. The highest BCUT2D eigenvalue weighted by Gasteiger charge is 2.24. The van der Waals surface area contributed by atoms with Gasteiger partial charge in [-0.15, -0.1) is 10.2 Å². The lowest BCUT2D eigenvalue weighted by Gasteiger charge is -2.07. The van der Waals surface area contributed by atoms with Crippen LogP contribution >= 0.6 is 23.4 Å². The normalized spacial score (nSPS) is 10.6. The second-order valence-corrected chi connectivity index (χ2v) is 5.66. The fraction of sp³-hybridized carbons (Fsp3) is 0.250. The van der Waals surface area contributed by atoms with Crippen molar-refractivity contribution < 1.29 is 14.5 Å². The van der Waals surface area contributed by atoms with E-state index >= 15 is 0 Å². The number of nitrogens with two attached hydrogens (primary N) is 1. The fourth-order valence-corrected chi connectivity index (χ4v) is 2.95.